The Morgan fingerprint density at radius 3 is 2.92 bits per heavy atom. The topological polar surface area (TPSA) is 76.7 Å². The van der Waals surface area contributed by atoms with Crippen LogP contribution in [0.2, 0.25) is 0 Å². The van der Waals surface area contributed by atoms with Gasteiger partial charge < -0.3 is 20.1 Å². The molecular formula is C18H18N2O4. The molecule has 0 radical (unpaired) electrons. The van der Waals surface area contributed by atoms with Gasteiger partial charge in [0, 0.05) is 11.3 Å². The van der Waals surface area contributed by atoms with Crippen LogP contribution in [0.15, 0.2) is 42.5 Å². The smallest absolute Gasteiger partial charge is 0.265 e. The first-order chi connectivity index (χ1) is 11.6. The number of carbonyl (C=O) groups is 2. The van der Waals surface area contributed by atoms with Crippen molar-refractivity contribution in [2.24, 2.45) is 0 Å². The summed E-state index contributed by atoms with van der Waals surface area (Å²) >= 11 is 0. The molecule has 0 fully saturated rings. The van der Waals surface area contributed by atoms with Crippen LogP contribution in [0.4, 0.5) is 11.4 Å². The van der Waals surface area contributed by atoms with Gasteiger partial charge in [-0.3, -0.25) is 9.59 Å². The molecule has 0 aromatic heterocycles. The van der Waals surface area contributed by atoms with E-state index >= 15 is 0 Å². The van der Waals surface area contributed by atoms with E-state index in [2.05, 4.69) is 10.6 Å². The summed E-state index contributed by atoms with van der Waals surface area (Å²) in [5, 5.41) is 5.56. The predicted octanol–water partition coefficient (Wildman–Crippen LogP) is 3.06. The van der Waals surface area contributed by atoms with Crippen molar-refractivity contribution in [2.75, 3.05) is 17.2 Å². The summed E-state index contributed by atoms with van der Waals surface area (Å²) in [7, 11) is 0. The van der Waals surface area contributed by atoms with E-state index in [1.54, 1.807) is 49.4 Å². The first-order valence-electron chi connectivity index (χ1n) is 7.72. The highest BCUT2D eigenvalue weighted by Gasteiger charge is 2.23. The average Bonchev–Trinajstić information content (AvgIpc) is 2.57. The van der Waals surface area contributed by atoms with Crippen LogP contribution in [-0.2, 0) is 4.79 Å². The van der Waals surface area contributed by atoms with Crippen molar-refractivity contribution in [1.29, 1.82) is 0 Å². The first kappa shape index (κ1) is 15.9. The molecule has 0 bridgehead atoms. The van der Waals surface area contributed by atoms with Crippen molar-refractivity contribution in [1.82, 2.24) is 0 Å². The zero-order valence-corrected chi connectivity index (χ0v) is 13.5. The van der Waals surface area contributed by atoms with Crippen LogP contribution in [0.5, 0.6) is 11.5 Å². The highest BCUT2D eigenvalue weighted by Crippen LogP contribution is 2.32. The number of anilines is 2. The molecule has 2 N–H and O–H groups in total. The van der Waals surface area contributed by atoms with E-state index in [9.17, 15) is 9.59 Å². The summed E-state index contributed by atoms with van der Waals surface area (Å²) in [5.74, 6) is 0.756. The van der Waals surface area contributed by atoms with Gasteiger partial charge >= 0.3 is 0 Å². The molecule has 124 valence electrons. The summed E-state index contributed by atoms with van der Waals surface area (Å²) < 4.78 is 10.9. The number of amides is 2. The number of nitrogens with one attached hydrogen (secondary N) is 2. The molecule has 6 nitrogen and oxygen atoms in total. The number of carbonyl (C=O) groups excluding carboxylic acids is 2. The standard InChI is InChI=1S/C18H18N2O4/c1-3-23-14-6-4-5-12(9-14)18(22)19-13-7-8-16-15(10-13)20-17(21)11(2)24-16/h4-11H,3H2,1-2H3,(H,19,22)(H,20,21)/t11-/m1/s1. The molecule has 1 aliphatic rings. The van der Waals surface area contributed by atoms with E-state index in [0.717, 1.165) is 0 Å². The van der Waals surface area contributed by atoms with Gasteiger partial charge in [-0.1, -0.05) is 6.07 Å². The third-order valence-corrected chi connectivity index (χ3v) is 3.58. The van der Waals surface area contributed by atoms with Gasteiger partial charge in [-0.15, -0.1) is 0 Å². The lowest BCUT2D eigenvalue weighted by Gasteiger charge is -2.23. The Morgan fingerprint density at radius 1 is 1.29 bits per heavy atom. The van der Waals surface area contributed by atoms with Gasteiger partial charge in [-0.25, -0.2) is 0 Å². The molecule has 1 aliphatic heterocycles. The minimum absolute atomic E-state index is 0.213. The molecule has 0 aliphatic carbocycles. The van der Waals surface area contributed by atoms with Crippen molar-refractivity contribution in [3.05, 3.63) is 48.0 Å². The lowest BCUT2D eigenvalue weighted by Crippen LogP contribution is -2.34. The number of hydrogen-bond acceptors (Lipinski definition) is 4. The predicted molar refractivity (Wildman–Crippen MR) is 90.7 cm³/mol. The van der Waals surface area contributed by atoms with Crippen LogP contribution in [0.25, 0.3) is 0 Å². The zero-order chi connectivity index (χ0) is 17.1. The summed E-state index contributed by atoms with van der Waals surface area (Å²) in [6.45, 7) is 4.10. The zero-order valence-electron chi connectivity index (χ0n) is 13.5. The van der Waals surface area contributed by atoms with Crippen LogP contribution >= 0.6 is 0 Å². The number of benzene rings is 2. The molecule has 3 rings (SSSR count). The molecule has 6 heteroatoms. The van der Waals surface area contributed by atoms with Crippen LogP contribution in [0.3, 0.4) is 0 Å². The van der Waals surface area contributed by atoms with E-state index in [4.69, 9.17) is 9.47 Å². The second kappa shape index (κ2) is 6.62. The number of rotatable bonds is 4. The van der Waals surface area contributed by atoms with Gasteiger partial charge in [-0.05, 0) is 50.2 Å². The van der Waals surface area contributed by atoms with Crippen molar-refractivity contribution < 1.29 is 19.1 Å². The van der Waals surface area contributed by atoms with Crippen LogP contribution in [0, 0.1) is 0 Å². The molecule has 24 heavy (non-hydrogen) atoms. The maximum absolute atomic E-state index is 12.4. The molecule has 2 amide bonds. The van der Waals surface area contributed by atoms with Crippen LogP contribution < -0.4 is 20.1 Å². The fourth-order valence-electron chi connectivity index (χ4n) is 2.38. The molecular weight excluding hydrogens is 308 g/mol. The Kier molecular flexibility index (Phi) is 4.37. The Balaban J connectivity index is 1.77. The minimum atomic E-state index is -0.528. The highest BCUT2D eigenvalue weighted by molar-refractivity contribution is 6.05. The molecule has 0 saturated carbocycles. The molecule has 0 spiro atoms. The van der Waals surface area contributed by atoms with Gasteiger partial charge in [0.2, 0.25) is 0 Å². The summed E-state index contributed by atoms with van der Waals surface area (Å²) in [6, 6.07) is 12.1. The normalized spacial score (nSPS) is 15.8. The minimum Gasteiger partial charge on any atom is -0.494 e. The molecule has 1 atom stereocenters. The SMILES string of the molecule is CCOc1cccc(C(=O)Nc2ccc3c(c2)NC(=O)[C@@H](C)O3)c1. The van der Waals surface area contributed by atoms with Gasteiger partial charge in [-0.2, -0.15) is 0 Å². The molecule has 0 unspecified atom stereocenters. The van der Waals surface area contributed by atoms with E-state index in [1.165, 1.54) is 0 Å². The Morgan fingerprint density at radius 2 is 2.12 bits per heavy atom. The molecule has 2 aromatic rings. The number of hydrogen-bond donors (Lipinski definition) is 2. The Labute approximate surface area is 139 Å². The average molecular weight is 326 g/mol. The van der Waals surface area contributed by atoms with Crippen LogP contribution in [-0.4, -0.2) is 24.5 Å². The lowest BCUT2D eigenvalue weighted by molar-refractivity contribution is -0.122. The van der Waals surface area contributed by atoms with Crippen molar-refractivity contribution >= 4 is 23.2 Å². The Bertz CT molecular complexity index is 788. The third kappa shape index (κ3) is 3.32. The largest absolute Gasteiger partial charge is 0.494 e. The maximum Gasteiger partial charge on any atom is 0.265 e. The summed E-state index contributed by atoms with van der Waals surface area (Å²) in [4.78, 5) is 24.0. The van der Waals surface area contributed by atoms with Gasteiger partial charge in [0.05, 0.1) is 12.3 Å². The van der Waals surface area contributed by atoms with E-state index in [0.29, 0.717) is 35.0 Å². The van der Waals surface area contributed by atoms with E-state index in [1.807, 2.05) is 6.92 Å². The Hall–Kier alpha value is -3.02. The second-order valence-electron chi connectivity index (χ2n) is 5.38. The van der Waals surface area contributed by atoms with Crippen molar-refractivity contribution in [2.45, 2.75) is 20.0 Å². The monoisotopic (exact) mass is 326 g/mol. The van der Waals surface area contributed by atoms with Crippen molar-refractivity contribution in [3.8, 4) is 11.5 Å². The summed E-state index contributed by atoms with van der Waals surface area (Å²) in [5.41, 5.74) is 1.60. The van der Waals surface area contributed by atoms with Gasteiger partial charge in [0.1, 0.15) is 11.5 Å². The molecule has 1 heterocycles. The van der Waals surface area contributed by atoms with E-state index < -0.39 is 6.10 Å². The lowest BCUT2D eigenvalue weighted by atomic mass is 10.1. The van der Waals surface area contributed by atoms with Gasteiger partial charge in [0.15, 0.2) is 6.10 Å². The fraction of sp³-hybridized carbons (Fsp3) is 0.222. The fourth-order valence-corrected chi connectivity index (χ4v) is 2.38. The maximum atomic E-state index is 12.4. The number of ether oxygens (including phenoxy) is 2. The quantitative estimate of drug-likeness (QED) is 0.905. The second-order valence-corrected chi connectivity index (χ2v) is 5.38. The first-order valence-corrected chi connectivity index (χ1v) is 7.72. The third-order valence-electron chi connectivity index (χ3n) is 3.58. The molecule has 0 saturated heterocycles. The van der Waals surface area contributed by atoms with Crippen molar-refractivity contribution in [3.63, 3.8) is 0 Å². The van der Waals surface area contributed by atoms with E-state index in [-0.39, 0.29) is 11.8 Å². The highest BCUT2D eigenvalue weighted by atomic mass is 16.5. The summed E-state index contributed by atoms with van der Waals surface area (Å²) in [6.07, 6.45) is -0.528. The molecule has 2 aromatic carbocycles. The number of fused-ring (bicyclic) bond motifs is 1. The van der Waals surface area contributed by atoms with Crippen LogP contribution in [0.1, 0.15) is 24.2 Å². The van der Waals surface area contributed by atoms with Gasteiger partial charge in [0.25, 0.3) is 11.8 Å².